The lowest BCUT2D eigenvalue weighted by atomic mass is 10.1. The summed E-state index contributed by atoms with van der Waals surface area (Å²) in [7, 11) is 3.19. The molecule has 1 fully saturated rings. The van der Waals surface area contributed by atoms with Crippen molar-refractivity contribution < 1.29 is 23.8 Å². The van der Waals surface area contributed by atoms with E-state index in [9.17, 15) is 9.59 Å². The summed E-state index contributed by atoms with van der Waals surface area (Å²) >= 11 is 0. The maximum atomic E-state index is 12.6. The van der Waals surface area contributed by atoms with Crippen LogP contribution in [0.1, 0.15) is 18.4 Å². The SMILES string of the molecule is COc1ccc(Oc2ccc3c(c2)CCO3)cc1NC(=O)C1CCC(=O)N1C. The Morgan fingerprint density at radius 1 is 1.18 bits per heavy atom. The van der Waals surface area contributed by atoms with Crippen molar-refractivity contribution in [3.05, 3.63) is 42.0 Å². The summed E-state index contributed by atoms with van der Waals surface area (Å²) in [6.07, 6.45) is 1.76. The molecule has 1 N–H and O–H groups in total. The van der Waals surface area contributed by atoms with Crippen molar-refractivity contribution in [3.8, 4) is 23.0 Å². The zero-order valence-corrected chi connectivity index (χ0v) is 15.9. The third-order valence-electron chi connectivity index (χ3n) is 5.12. The van der Waals surface area contributed by atoms with E-state index < -0.39 is 6.04 Å². The number of carbonyl (C=O) groups is 2. The smallest absolute Gasteiger partial charge is 0.247 e. The standard InChI is InChI=1S/C21H22N2O5/c1-23-17(5-8-20(23)24)21(25)22-16-12-15(4-7-19(16)26-2)28-14-3-6-18-13(11-14)9-10-27-18/h3-4,6-7,11-12,17H,5,8-10H2,1-2H3,(H,22,25). The summed E-state index contributed by atoms with van der Waals surface area (Å²) in [6, 6.07) is 10.5. The van der Waals surface area contributed by atoms with Gasteiger partial charge in [0.2, 0.25) is 11.8 Å². The predicted molar refractivity (Wildman–Crippen MR) is 103 cm³/mol. The van der Waals surface area contributed by atoms with E-state index in [0.29, 0.717) is 42.4 Å². The fourth-order valence-corrected chi connectivity index (χ4v) is 3.54. The molecule has 1 saturated heterocycles. The second kappa shape index (κ2) is 7.42. The summed E-state index contributed by atoms with van der Waals surface area (Å²) in [5, 5.41) is 2.86. The highest BCUT2D eigenvalue weighted by Crippen LogP contribution is 2.35. The Bertz CT molecular complexity index is 927. The van der Waals surface area contributed by atoms with E-state index in [0.717, 1.165) is 17.7 Å². The van der Waals surface area contributed by atoms with Crippen LogP contribution < -0.4 is 19.5 Å². The van der Waals surface area contributed by atoms with Gasteiger partial charge in [-0.15, -0.1) is 0 Å². The highest BCUT2D eigenvalue weighted by atomic mass is 16.5. The summed E-state index contributed by atoms with van der Waals surface area (Å²) in [5.74, 6) is 2.43. The second-order valence-corrected chi connectivity index (χ2v) is 6.88. The van der Waals surface area contributed by atoms with Gasteiger partial charge in [0.1, 0.15) is 29.0 Å². The first-order valence-electron chi connectivity index (χ1n) is 9.23. The lowest BCUT2D eigenvalue weighted by molar-refractivity contribution is -0.131. The summed E-state index contributed by atoms with van der Waals surface area (Å²) < 4.78 is 16.8. The average molecular weight is 382 g/mol. The molecule has 7 heteroatoms. The summed E-state index contributed by atoms with van der Waals surface area (Å²) in [5.41, 5.74) is 1.62. The van der Waals surface area contributed by atoms with Gasteiger partial charge in [0.15, 0.2) is 0 Å². The fourth-order valence-electron chi connectivity index (χ4n) is 3.54. The number of amides is 2. The van der Waals surface area contributed by atoms with Gasteiger partial charge in [-0.05, 0) is 36.8 Å². The van der Waals surface area contributed by atoms with E-state index in [2.05, 4.69) is 5.32 Å². The van der Waals surface area contributed by atoms with Crippen LogP contribution in [0.4, 0.5) is 5.69 Å². The molecule has 0 saturated carbocycles. The second-order valence-electron chi connectivity index (χ2n) is 6.88. The van der Waals surface area contributed by atoms with Crippen LogP contribution in [0.25, 0.3) is 0 Å². The molecule has 2 amide bonds. The molecule has 2 heterocycles. The zero-order chi connectivity index (χ0) is 19.7. The molecule has 2 aliphatic rings. The zero-order valence-electron chi connectivity index (χ0n) is 15.9. The molecule has 146 valence electrons. The van der Waals surface area contributed by atoms with Crippen LogP contribution in [0.5, 0.6) is 23.0 Å². The largest absolute Gasteiger partial charge is 0.495 e. The van der Waals surface area contributed by atoms with Crippen molar-refractivity contribution >= 4 is 17.5 Å². The van der Waals surface area contributed by atoms with Gasteiger partial charge in [0, 0.05) is 31.5 Å². The van der Waals surface area contributed by atoms with Crippen molar-refractivity contribution in [2.75, 3.05) is 26.1 Å². The summed E-state index contributed by atoms with van der Waals surface area (Å²) in [6.45, 7) is 0.690. The lowest BCUT2D eigenvalue weighted by Gasteiger charge is -2.20. The number of ether oxygens (including phenoxy) is 3. The Labute approximate surface area is 163 Å². The molecule has 4 rings (SSSR count). The van der Waals surface area contributed by atoms with E-state index >= 15 is 0 Å². The molecule has 28 heavy (non-hydrogen) atoms. The van der Waals surface area contributed by atoms with E-state index in [1.54, 1.807) is 25.2 Å². The van der Waals surface area contributed by atoms with Gasteiger partial charge in [0.05, 0.1) is 19.4 Å². The van der Waals surface area contributed by atoms with E-state index in [4.69, 9.17) is 14.2 Å². The molecule has 0 radical (unpaired) electrons. The number of hydrogen-bond donors (Lipinski definition) is 1. The molecule has 2 aromatic carbocycles. The van der Waals surface area contributed by atoms with E-state index in [1.807, 2.05) is 18.2 Å². The Morgan fingerprint density at radius 3 is 2.71 bits per heavy atom. The Morgan fingerprint density at radius 2 is 1.96 bits per heavy atom. The Kier molecular flexibility index (Phi) is 4.81. The average Bonchev–Trinajstić information content (AvgIpc) is 3.28. The van der Waals surface area contributed by atoms with Crippen molar-refractivity contribution in [1.82, 2.24) is 4.90 Å². The number of likely N-dealkylation sites (tertiary alicyclic amines) is 1. The fraction of sp³-hybridized carbons (Fsp3) is 0.333. The van der Waals surface area contributed by atoms with Crippen LogP contribution in [-0.2, 0) is 16.0 Å². The number of likely N-dealkylation sites (N-methyl/N-ethyl adjacent to an activating group) is 1. The highest BCUT2D eigenvalue weighted by molar-refractivity contribution is 5.99. The number of benzene rings is 2. The lowest BCUT2D eigenvalue weighted by Crippen LogP contribution is -2.38. The molecule has 7 nitrogen and oxygen atoms in total. The highest BCUT2D eigenvalue weighted by Gasteiger charge is 2.33. The number of fused-ring (bicyclic) bond motifs is 1. The number of carbonyl (C=O) groups excluding carboxylic acids is 2. The van der Waals surface area contributed by atoms with Crippen LogP contribution in [0, 0.1) is 0 Å². The number of hydrogen-bond acceptors (Lipinski definition) is 5. The molecule has 0 bridgehead atoms. The summed E-state index contributed by atoms with van der Waals surface area (Å²) in [4.78, 5) is 25.8. The normalized spacial score (nSPS) is 17.9. The molecule has 1 atom stereocenters. The first kappa shape index (κ1) is 18.2. The molecule has 0 aromatic heterocycles. The minimum atomic E-state index is -0.474. The molecular formula is C21H22N2O5. The van der Waals surface area contributed by atoms with Gasteiger partial charge in [0.25, 0.3) is 0 Å². The Balaban J connectivity index is 1.52. The number of nitrogens with one attached hydrogen (secondary N) is 1. The molecule has 1 unspecified atom stereocenters. The monoisotopic (exact) mass is 382 g/mol. The topological polar surface area (TPSA) is 77.1 Å². The van der Waals surface area contributed by atoms with Gasteiger partial charge in [-0.1, -0.05) is 0 Å². The Hall–Kier alpha value is -3.22. The third-order valence-corrected chi connectivity index (χ3v) is 5.12. The number of nitrogens with zero attached hydrogens (tertiary/aromatic N) is 1. The maximum Gasteiger partial charge on any atom is 0.247 e. The van der Waals surface area contributed by atoms with Gasteiger partial charge < -0.3 is 24.4 Å². The third kappa shape index (κ3) is 3.47. The van der Waals surface area contributed by atoms with Crippen LogP contribution in [0.3, 0.4) is 0 Å². The number of methoxy groups -OCH3 is 1. The van der Waals surface area contributed by atoms with Crippen LogP contribution in [-0.4, -0.2) is 43.5 Å². The minimum Gasteiger partial charge on any atom is -0.495 e. The number of anilines is 1. The number of rotatable bonds is 5. The van der Waals surface area contributed by atoms with Crippen LogP contribution in [0.15, 0.2) is 36.4 Å². The first-order chi connectivity index (χ1) is 13.5. The van der Waals surface area contributed by atoms with Gasteiger partial charge in [-0.3, -0.25) is 9.59 Å². The van der Waals surface area contributed by atoms with Crippen LogP contribution >= 0.6 is 0 Å². The molecule has 0 aliphatic carbocycles. The van der Waals surface area contributed by atoms with Gasteiger partial charge >= 0.3 is 0 Å². The first-order valence-corrected chi connectivity index (χ1v) is 9.23. The maximum absolute atomic E-state index is 12.6. The van der Waals surface area contributed by atoms with E-state index in [1.165, 1.54) is 12.0 Å². The van der Waals surface area contributed by atoms with Gasteiger partial charge in [-0.25, -0.2) is 0 Å². The van der Waals surface area contributed by atoms with Crippen molar-refractivity contribution in [1.29, 1.82) is 0 Å². The van der Waals surface area contributed by atoms with Crippen LogP contribution in [0.2, 0.25) is 0 Å². The molecular weight excluding hydrogens is 360 g/mol. The van der Waals surface area contributed by atoms with Crippen molar-refractivity contribution in [3.63, 3.8) is 0 Å². The minimum absolute atomic E-state index is 0.0233. The quantitative estimate of drug-likeness (QED) is 0.860. The predicted octanol–water partition coefficient (Wildman–Crippen LogP) is 2.98. The molecule has 2 aromatic rings. The van der Waals surface area contributed by atoms with Crippen molar-refractivity contribution in [2.45, 2.75) is 25.3 Å². The molecule has 0 spiro atoms. The van der Waals surface area contributed by atoms with Gasteiger partial charge in [-0.2, -0.15) is 0 Å². The van der Waals surface area contributed by atoms with E-state index in [-0.39, 0.29) is 11.8 Å². The molecule has 2 aliphatic heterocycles. The van der Waals surface area contributed by atoms with Crippen molar-refractivity contribution in [2.24, 2.45) is 0 Å².